The number of aromatic nitrogens is 1. The van der Waals surface area contributed by atoms with Crippen molar-refractivity contribution in [1.29, 1.82) is 0 Å². The Morgan fingerprint density at radius 2 is 1.77 bits per heavy atom. The average molecular weight is 548 g/mol. The zero-order valence-corrected chi connectivity index (χ0v) is 23.8. The number of amides is 2. The van der Waals surface area contributed by atoms with E-state index in [1.807, 2.05) is 29.7 Å². The van der Waals surface area contributed by atoms with Gasteiger partial charge < -0.3 is 23.8 Å². The van der Waals surface area contributed by atoms with Gasteiger partial charge in [0, 0.05) is 48.2 Å². The first kappa shape index (κ1) is 26.0. The summed E-state index contributed by atoms with van der Waals surface area (Å²) >= 11 is 1.72. The number of nitrogens with zero attached hydrogens (tertiary/aromatic N) is 3. The first-order valence-electron chi connectivity index (χ1n) is 14.1. The van der Waals surface area contributed by atoms with Gasteiger partial charge in [0.05, 0.1) is 19.3 Å². The summed E-state index contributed by atoms with van der Waals surface area (Å²) in [6, 6.07) is 12.4. The molecule has 2 aromatic heterocycles. The fourth-order valence-electron chi connectivity index (χ4n) is 6.12. The maximum atomic E-state index is 14.1. The largest absolute Gasteiger partial charge is 0.493 e. The molecule has 7 nitrogen and oxygen atoms in total. The number of methoxy groups -OCH3 is 1. The van der Waals surface area contributed by atoms with E-state index < -0.39 is 0 Å². The van der Waals surface area contributed by atoms with E-state index in [1.54, 1.807) is 18.4 Å². The number of ether oxygens (including phenoxy) is 2. The number of carbonyl (C=O) groups is 2. The van der Waals surface area contributed by atoms with Crippen LogP contribution in [0.4, 0.5) is 0 Å². The molecule has 2 fully saturated rings. The van der Waals surface area contributed by atoms with Gasteiger partial charge in [-0.05, 0) is 80.8 Å². The predicted octanol–water partition coefficient (Wildman–Crippen LogP) is 5.63. The summed E-state index contributed by atoms with van der Waals surface area (Å²) < 4.78 is 14.0. The van der Waals surface area contributed by atoms with Crippen molar-refractivity contribution in [3.63, 3.8) is 0 Å². The lowest BCUT2D eigenvalue weighted by atomic mass is 9.84. The van der Waals surface area contributed by atoms with Crippen LogP contribution in [0.5, 0.6) is 11.5 Å². The van der Waals surface area contributed by atoms with Crippen molar-refractivity contribution in [2.75, 3.05) is 33.3 Å². The lowest BCUT2D eigenvalue weighted by molar-refractivity contribution is -0.138. The number of hydrogen-bond donors (Lipinski definition) is 0. The van der Waals surface area contributed by atoms with E-state index in [0.717, 1.165) is 55.7 Å². The third kappa shape index (κ3) is 4.84. The summed E-state index contributed by atoms with van der Waals surface area (Å²) in [7, 11) is 1.68. The second-order valence-corrected chi connectivity index (χ2v) is 12.1. The fraction of sp³-hybridized carbons (Fsp3) is 0.484. The Morgan fingerprint density at radius 3 is 2.46 bits per heavy atom. The molecule has 6 rings (SSSR count). The summed E-state index contributed by atoms with van der Waals surface area (Å²) in [4.78, 5) is 32.1. The lowest BCUT2D eigenvalue weighted by Crippen LogP contribution is -2.42. The van der Waals surface area contributed by atoms with Gasteiger partial charge in [-0.25, -0.2) is 0 Å². The zero-order valence-electron chi connectivity index (χ0n) is 23.0. The molecule has 39 heavy (non-hydrogen) atoms. The summed E-state index contributed by atoms with van der Waals surface area (Å²) in [5.41, 5.74) is 3.98. The van der Waals surface area contributed by atoms with Crippen molar-refractivity contribution >= 4 is 23.2 Å². The minimum absolute atomic E-state index is 0.0158. The van der Waals surface area contributed by atoms with E-state index in [0.29, 0.717) is 31.1 Å². The molecule has 1 saturated carbocycles. The second-order valence-electron chi connectivity index (χ2n) is 11.1. The number of hydrogen-bond acceptors (Lipinski definition) is 5. The Balaban J connectivity index is 1.34. The molecule has 0 spiro atoms. The fourth-order valence-corrected chi connectivity index (χ4v) is 6.93. The highest BCUT2D eigenvalue weighted by molar-refractivity contribution is 7.10. The van der Waals surface area contributed by atoms with Gasteiger partial charge in [0.2, 0.25) is 5.91 Å². The first-order valence-corrected chi connectivity index (χ1v) is 15.0. The predicted molar refractivity (Wildman–Crippen MR) is 153 cm³/mol. The third-order valence-electron chi connectivity index (χ3n) is 8.31. The SMILES string of the molecule is COc1cc2c(cc1OC(C)C)-c1ccc(C(=O)N3CCCN(C(=O)C4CCC4)CC3)n1C(c1cccs1)C2. The molecule has 4 heterocycles. The lowest BCUT2D eigenvalue weighted by Gasteiger charge is -2.32. The molecule has 1 aliphatic carbocycles. The van der Waals surface area contributed by atoms with Crippen molar-refractivity contribution in [2.45, 2.75) is 58.1 Å². The maximum absolute atomic E-state index is 14.1. The molecule has 8 heteroatoms. The highest BCUT2D eigenvalue weighted by atomic mass is 32.1. The van der Waals surface area contributed by atoms with Crippen LogP contribution in [-0.2, 0) is 11.2 Å². The van der Waals surface area contributed by atoms with Gasteiger partial charge in [-0.1, -0.05) is 12.5 Å². The molecule has 3 aliphatic rings. The van der Waals surface area contributed by atoms with Crippen LogP contribution in [-0.4, -0.2) is 65.6 Å². The minimum Gasteiger partial charge on any atom is -0.493 e. The van der Waals surface area contributed by atoms with Crippen molar-refractivity contribution in [3.8, 4) is 22.8 Å². The first-order chi connectivity index (χ1) is 18.9. The molecule has 2 amide bonds. The number of thiophene rings is 1. The minimum atomic E-state index is 0.0158. The maximum Gasteiger partial charge on any atom is 0.270 e. The van der Waals surface area contributed by atoms with Crippen molar-refractivity contribution in [2.24, 2.45) is 5.92 Å². The van der Waals surface area contributed by atoms with Gasteiger partial charge in [0.15, 0.2) is 11.5 Å². The van der Waals surface area contributed by atoms with E-state index in [1.165, 1.54) is 10.4 Å². The van der Waals surface area contributed by atoms with Crippen LogP contribution < -0.4 is 9.47 Å². The Kier molecular flexibility index (Phi) is 7.14. The zero-order chi connectivity index (χ0) is 27.1. The second kappa shape index (κ2) is 10.7. The monoisotopic (exact) mass is 547 g/mol. The highest BCUT2D eigenvalue weighted by Gasteiger charge is 2.35. The molecule has 1 aromatic carbocycles. The van der Waals surface area contributed by atoms with Crippen LogP contribution in [0, 0.1) is 5.92 Å². The summed E-state index contributed by atoms with van der Waals surface area (Å²) in [5.74, 6) is 1.95. The Morgan fingerprint density at radius 1 is 0.974 bits per heavy atom. The van der Waals surface area contributed by atoms with Gasteiger partial charge in [0.25, 0.3) is 5.91 Å². The van der Waals surface area contributed by atoms with Gasteiger partial charge in [-0.3, -0.25) is 9.59 Å². The normalized spacial score (nSPS) is 19.2. The average Bonchev–Trinajstić information content (AvgIpc) is 3.52. The quantitative estimate of drug-likeness (QED) is 0.401. The van der Waals surface area contributed by atoms with Gasteiger partial charge in [0.1, 0.15) is 5.69 Å². The van der Waals surface area contributed by atoms with E-state index in [4.69, 9.17) is 9.47 Å². The molecular formula is C31H37N3O4S. The molecule has 1 atom stereocenters. The molecule has 206 valence electrons. The third-order valence-corrected chi connectivity index (χ3v) is 9.28. The van der Waals surface area contributed by atoms with E-state index in [-0.39, 0.29) is 29.9 Å². The van der Waals surface area contributed by atoms with E-state index in [9.17, 15) is 9.59 Å². The number of carbonyl (C=O) groups excluding carboxylic acids is 2. The molecule has 2 aliphatic heterocycles. The molecule has 1 saturated heterocycles. The Labute approximate surface area is 234 Å². The molecule has 0 N–H and O–H groups in total. The molecular weight excluding hydrogens is 510 g/mol. The van der Waals surface area contributed by atoms with E-state index in [2.05, 4.69) is 40.3 Å². The summed E-state index contributed by atoms with van der Waals surface area (Å²) in [5, 5.41) is 2.10. The molecule has 0 bridgehead atoms. The van der Waals surface area contributed by atoms with Crippen LogP contribution in [0.2, 0.25) is 0 Å². The smallest absolute Gasteiger partial charge is 0.270 e. The van der Waals surface area contributed by atoms with Crippen LogP contribution in [0.25, 0.3) is 11.3 Å². The van der Waals surface area contributed by atoms with Crippen LogP contribution >= 0.6 is 11.3 Å². The van der Waals surface area contributed by atoms with Gasteiger partial charge in [-0.2, -0.15) is 0 Å². The number of fused-ring (bicyclic) bond motifs is 3. The van der Waals surface area contributed by atoms with Crippen molar-refractivity contribution in [1.82, 2.24) is 14.4 Å². The standard InChI is InChI=1S/C31H37N3O4S/c1-20(2)38-28-19-23-22(18-27(28)37-3)17-26(29-9-5-16-39-29)34-24(23)10-11-25(34)31(36)33-13-6-12-32(14-15-33)30(35)21-7-4-8-21/h5,9-11,16,18-21,26H,4,6-8,12-15,17H2,1-3H3. The topological polar surface area (TPSA) is 64.0 Å². The number of rotatable bonds is 6. The summed E-state index contributed by atoms with van der Waals surface area (Å²) in [6.07, 6.45) is 4.76. The van der Waals surface area contributed by atoms with Gasteiger partial charge in [-0.15, -0.1) is 11.3 Å². The number of benzene rings is 1. The van der Waals surface area contributed by atoms with Gasteiger partial charge >= 0.3 is 0 Å². The molecule has 3 aromatic rings. The van der Waals surface area contributed by atoms with E-state index >= 15 is 0 Å². The summed E-state index contributed by atoms with van der Waals surface area (Å²) in [6.45, 7) is 6.60. The Bertz CT molecular complexity index is 1360. The van der Waals surface area contributed by atoms with Crippen LogP contribution in [0.15, 0.2) is 41.8 Å². The molecule has 1 unspecified atom stereocenters. The van der Waals surface area contributed by atoms with Crippen molar-refractivity contribution in [3.05, 3.63) is 57.9 Å². The molecule has 0 radical (unpaired) electrons. The highest BCUT2D eigenvalue weighted by Crippen LogP contribution is 2.45. The van der Waals surface area contributed by atoms with Crippen LogP contribution in [0.1, 0.15) is 66.5 Å². The van der Waals surface area contributed by atoms with Crippen LogP contribution in [0.3, 0.4) is 0 Å². The Hall–Kier alpha value is -3.26. The van der Waals surface area contributed by atoms with Crippen molar-refractivity contribution < 1.29 is 19.1 Å².